The molecule has 0 bridgehead atoms. The molecule has 1 aromatic heterocycles. The number of aryl methyl sites for hydroxylation is 1. The van der Waals surface area contributed by atoms with Crippen molar-refractivity contribution in [2.75, 3.05) is 13.7 Å². The largest absolute Gasteiger partial charge is 0.481 e. The fourth-order valence-electron chi connectivity index (χ4n) is 2.24. The summed E-state index contributed by atoms with van der Waals surface area (Å²) in [6, 6.07) is 10.5. The van der Waals surface area contributed by atoms with Crippen molar-refractivity contribution in [3.63, 3.8) is 0 Å². The van der Waals surface area contributed by atoms with Crippen molar-refractivity contribution >= 4 is 0 Å². The van der Waals surface area contributed by atoms with Crippen molar-refractivity contribution in [3.8, 4) is 5.88 Å². The van der Waals surface area contributed by atoms with Gasteiger partial charge in [-0.05, 0) is 31.0 Å². The lowest BCUT2D eigenvalue weighted by atomic mass is 9.99. The van der Waals surface area contributed by atoms with Crippen molar-refractivity contribution in [2.24, 2.45) is 0 Å². The van der Waals surface area contributed by atoms with Crippen molar-refractivity contribution in [3.05, 3.63) is 53.5 Å². The predicted octanol–water partition coefficient (Wildman–Crippen LogP) is 2.69. The molecule has 0 saturated carbocycles. The van der Waals surface area contributed by atoms with Crippen LogP contribution in [0.4, 0.5) is 0 Å². The SMILES string of the molecule is CCNC(Cc1ccccc1C)c1cc(OC)ncn1. The van der Waals surface area contributed by atoms with Gasteiger partial charge in [-0.2, -0.15) is 0 Å². The molecule has 4 heteroatoms. The maximum absolute atomic E-state index is 5.18. The zero-order valence-corrected chi connectivity index (χ0v) is 12.3. The molecule has 20 heavy (non-hydrogen) atoms. The van der Waals surface area contributed by atoms with Crippen LogP contribution in [-0.2, 0) is 6.42 Å². The minimum Gasteiger partial charge on any atom is -0.481 e. The fourth-order valence-corrected chi connectivity index (χ4v) is 2.24. The van der Waals surface area contributed by atoms with Crippen LogP contribution >= 0.6 is 0 Å². The van der Waals surface area contributed by atoms with Crippen molar-refractivity contribution in [1.82, 2.24) is 15.3 Å². The second-order valence-electron chi connectivity index (χ2n) is 4.73. The van der Waals surface area contributed by atoms with E-state index in [0.717, 1.165) is 18.7 Å². The van der Waals surface area contributed by atoms with E-state index < -0.39 is 0 Å². The highest BCUT2D eigenvalue weighted by Gasteiger charge is 2.14. The molecule has 2 rings (SSSR count). The summed E-state index contributed by atoms with van der Waals surface area (Å²) >= 11 is 0. The normalized spacial score (nSPS) is 12.2. The molecule has 0 spiro atoms. The Morgan fingerprint density at radius 1 is 1.25 bits per heavy atom. The van der Waals surface area contributed by atoms with Crippen molar-refractivity contribution < 1.29 is 4.74 Å². The van der Waals surface area contributed by atoms with E-state index in [1.165, 1.54) is 11.1 Å². The average molecular weight is 271 g/mol. The molecule has 0 aliphatic carbocycles. The molecule has 0 aliphatic rings. The lowest BCUT2D eigenvalue weighted by Gasteiger charge is -2.18. The molecule has 0 aliphatic heterocycles. The first-order valence-electron chi connectivity index (χ1n) is 6.88. The van der Waals surface area contributed by atoms with Crippen LogP contribution in [0.25, 0.3) is 0 Å². The van der Waals surface area contributed by atoms with Gasteiger partial charge in [0.1, 0.15) is 6.33 Å². The third-order valence-corrected chi connectivity index (χ3v) is 3.37. The second-order valence-corrected chi connectivity index (χ2v) is 4.73. The Morgan fingerprint density at radius 2 is 2.05 bits per heavy atom. The van der Waals surface area contributed by atoms with Gasteiger partial charge >= 0.3 is 0 Å². The maximum atomic E-state index is 5.18. The van der Waals surface area contributed by atoms with Crippen LogP contribution in [0.15, 0.2) is 36.7 Å². The molecule has 1 heterocycles. The summed E-state index contributed by atoms with van der Waals surface area (Å²) in [5, 5.41) is 3.48. The molecule has 1 aromatic carbocycles. The Morgan fingerprint density at radius 3 is 2.75 bits per heavy atom. The van der Waals surface area contributed by atoms with Gasteiger partial charge in [0.15, 0.2) is 0 Å². The predicted molar refractivity (Wildman–Crippen MR) is 79.9 cm³/mol. The minimum absolute atomic E-state index is 0.165. The first-order chi connectivity index (χ1) is 9.74. The Balaban J connectivity index is 2.24. The van der Waals surface area contributed by atoms with Gasteiger partial charge in [-0.3, -0.25) is 0 Å². The van der Waals surface area contributed by atoms with Gasteiger partial charge in [-0.25, -0.2) is 9.97 Å². The van der Waals surface area contributed by atoms with Gasteiger partial charge in [-0.15, -0.1) is 0 Å². The third kappa shape index (κ3) is 3.54. The maximum Gasteiger partial charge on any atom is 0.216 e. The Labute approximate surface area is 120 Å². The van der Waals surface area contributed by atoms with E-state index in [1.54, 1.807) is 13.4 Å². The Kier molecular flexibility index (Phi) is 5.07. The lowest BCUT2D eigenvalue weighted by molar-refractivity contribution is 0.393. The molecule has 2 aromatic rings. The monoisotopic (exact) mass is 271 g/mol. The van der Waals surface area contributed by atoms with Crippen LogP contribution in [0.3, 0.4) is 0 Å². The lowest BCUT2D eigenvalue weighted by Crippen LogP contribution is -2.24. The van der Waals surface area contributed by atoms with Crippen molar-refractivity contribution in [1.29, 1.82) is 0 Å². The number of hydrogen-bond donors (Lipinski definition) is 1. The standard InChI is InChI=1S/C16H21N3O/c1-4-17-14(9-13-8-6-5-7-12(13)2)15-10-16(20-3)19-11-18-15/h5-8,10-11,14,17H,4,9H2,1-3H3. The van der Waals surface area contributed by atoms with Crippen LogP contribution in [0.5, 0.6) is 5.88 Å². The highest BCUT2D eigenvalue weighted by Crippen LogP contribution is 2.20. The molecule has 1 N–H and O–H groups in total. The first kappa shape index (κ1) is 14.5. The summed E-state index contributed by atoms with van der Waals surface area (Å²) in [7, 11) is 1.62. The molecule has 0 radical (unpaired) electrons. The molecule has 4 nitrogen and oxygen atoms in total. The number of methoxy groups -OCH3 is 1. The number of benzene rings is 1. The summed E-state index contributed by atoms with van der Waals surface area (Å²) < 4.78 is 5.18. The van der Waals surface area contributed by atoms with E-state index >= 15 is 0 Å². The number of ether oxygens (including phenoxy) is 1. The molecule has 0 fully saturated rings. The second kappa shape index (κ2) is 7.01. The first-order valence-corrected chi connectivity index (χ1v) is 6.88. The number of aromatic nitrogens is 2. The molecule has 0 amide bonds. The quantitative estimate of drug-likeness (QED) is 0.877. The van der Waals surface area contributed by atoms with Gasteiger partial charge in [0.05, 0.1) is 18.8 Å². The summed E-state index contributed by atoms with van der Waals surface area (Å²) in [5.74, 6) is 0.600. The summed E-state index contributed by atoms with van der Waals surface area (Å²) in [4.78, 5) is 8.44. The average Bonchev–Trinajstić information content (AvgIpc) is 2.49. The van der Waals surface area contributed by atoms with Gasteiger partial charge in [0.2, 0.25) is 5.88 Å². The van der Waals surface area contributed by atoms with E-state index in [-0.39, 0.29) is 6.04 Å². The molecule has 106 valence electrons. The molecule has 1 unspecified atom stereocenters. The number of rotatable bonds is 6. The van der Waals surface area contributed by atoms with Crippen LogP contribution < -0.4 is 10.1 Å². The summed E-state index contributed by atoms with van der Waals surface area (Å²) in [5.41, 5.74) is 3.59. The molecule has 1 atom stereocenters. The Bertz CT molecular complexity index is 557. The van der Waals surface area contributed by atoms with E-state index in [1.807, 2.05) is 6.07 Å². The van der Waals surface area contributed by atoms with Crippen molar-refractivity contribution in [2.45, 2.75) is 26.3 Å². The number of nitrogens with zero attached hydrogens (tertiary/aromatic N) is 2. The van der Waals surface area contributed by atoms with E-state index in [9.17, 15) is 0 Å². The van der Waals surface area contributed by atoms with Gasteiger partial charge in [0.25, 0.3) is 0 Å². The highest BCUT2D eigenvalue weighted by atomic mass is 16.5. The molecular weight excluding hydrogens is 250 g/mol. The number of likely N-dealkylation sites (N-methyl/N-ethyl adjacent to an activating group) is 1. The zero-order chi connectivity index (χ0) is 14.4. The van der Waals surface area contributed by atoms with E-state index in [2.05, 4.69) is 53.4 Å². The van der Waals surface area contributed by atoms with E-state index in [4.69, 9.17) is 4.74 Å². The summed E-state index contributed by atoms with van der Waals surface area (Å²) in [6.07, 6.45) is 2.46. The fraction of sp³-hybridized carbons (Fsp3) is 0.375. The Hall–Kier alpha value is -1.94. The summed E-state index contributed by atoms with van der Waals surface area (Å²) in [6.45, 7) is 5.13. The van der Waals surface area contributed by atoms with E-state index in [0.29, 0.717) is 5.88 Å². The number of nitrogens with one attached hydrogen (secondary N) is 1. The van der Waals surface area contributed by atoms with Gasteiger partial charge < -0.3 is 10.1 Å². The van der Waals surface area contributed by atoms with Crippen LogP contribution in [0.2, 0.25) is 0 Å². The van der Waals surface area contributed by atoms with Crippen LogP contribution in [-0.4, -0.2) is 23.6 Å². The smallest absolute Gasteiger partial charge is 0.216 e. The number of hydrogen-bond acceptors (Lipinski definition) is 4. The van der Waals surface area contributed by atoms with Crippen LogP contribution in [0.1, 0.15) is 29.8 Å². The highest BCUT2D eigenvalue weighted by molar-refractivity contribution is 5.28. The van der Waals surface area contributed by atoms with Gasteiger partial charge in [-0.1, -0.05) is 31.2 Å². The van der Waals surface area contributed by atoms with Gasteiger partial charge in [0, 0.05) is 6.07 Å². The molecule has 0 saturated heterocycles. The molecular formula is C16H21N3O. The topological polar surface area (TPSA) is 47.0 Å². The third-order valence-electron chi connectivity index (χ3n) is 3.37. The zero-order valence-electron chi connectivity index (χ0n) is 12.3. The minimum atomic E-state index is 0.165. The van der Waals surface area contributed by atoms with Crippen LogP contribution in [0, 0.1) is 6.92 Å².